The summed E-state index contributed by atoms with van der Waals surface area (Å²) in [5.74, 6) is -0.282. The fourth-order valence-electron chi connectivity index (χ4n) is 2.22. The fraction of sp³-hybridized carbons (Fsp3) is 0.235. The molecule has 1 atom stereocenters. The molecule has 0 saturated heterocycles. The van der Waals surface area contributed by atoms with Gasteiger partial charge in [-0.1, -0.05) is 41.4 Å². The maximum Gasteiger partial charge on any atom is 0.226 e. The van der Waals surface area contributed by atoms with Gasteiger partial charge in [-0.3, -0.25) is 4.79 Å². The molecule has 0 fully saturated rings. The lowest BCUT2D eigenvalue weighted by molar-refractivity contribution is -0.116. The Kier molecular flexibility index (Phi) is 5.99. The number of rotatable bonds is 6. The van der Waals surface area contributed by atoms with Crippen molar-refractivity contribution < 1.29 is 13.2 Å². The molecule has 0 aromatic heterocycles. The molecule has 0 bridgehead atoms. The fourth-order valence-corrected chi connectivity index (χ4v) is 3.08. The highest BCUT2D eigenvalue weighted by molar-refractivity contribution is 7.88. The van der Waals surface area contributed by atoms with Crippen LogP contribution < -0.4 is 10.0 Å². The molecule has 0 radical (unpaired) electrons. The van der Waals surface area contributed by atoms with Gasteiger partial charge in [0.25, 0.3) is 0 Å². The standard InChI is InChI=1S/C17H19ClN2O3S/c1-12-3-9-15(10-4-12)19-17(21)11-16(20-24(2,22)23)13-5-7-14(18)8-6-13/h3-10,16,20H,11H2,1-2H3,(H,19,21)/t16-/m0/s1. The van der Waals surface area contributed by atoms with Gasteiger partial charge in [0.05, 0.1) is 12.3 Å². The average Bonchev–Trinajstić information content (AvgIpc) is 2.48. The van der Waals surface area contributed by atoms with Gasteiger partial charge in [0, 0.05) is 17.1 Å². The summed E-state index contributed by atoms with van der Waals surface area (Å²) >= 11 is 5.86. The highest BCUT2D eigenvalue weighted by Gasteiger charge is 2.20. The second-order valence-electron chi connectivity index (χ2n) is 5.61. The predicted octanol–water partition coefficient (Wildman–Crippen LogP) is 3.27. The van der Waals surface area contributed by atoms with Crippen molar-refractivity contribution in [2.75, 3.05) is 11.6 Å². The number of amides is 1. The third-order valence-corrected chi connectivity index (χ3v) is 4.32. The van der Waals surface area contributed by atoms with Crippen LogP contribution in [0.1, 0.15) is 23.6 Å². The number of aryl methyl sites for hydroxylation is 1. The summed E-state index contributed by atoms with van der Waals surface area (Å²) in [5.41, 5.74) is 2.43. The molecule has 24 heavy (non-hydrogen) atoms. The maximum absolute atomic E-state index is 12.3. The van der Waals surface area contributed by atoms with Gasteiger partial charge in [-0.2, -0.15) is 0 Å². The number of carbonyl (C=O) groups excluding carboxylic acids is 1. The van der Waals surface area contributed by atoms with Crippen molar-refractivity contribution in [3.05, 3.63) is 64.7 Å². The van der Waals surface area contributed by atoms with Gasteiger partial charge in [0.15, 0.2) is 0 Å². The first kappa shape index (κ1) is 18.4. The molecule has 0 heterocycles. The van der Waals surface area contributed by atoms with Crippen LogP contribution in [-0.2, 0) is 14.8 Å². The third-order valence-electron chi connectivity index (χ3n) is 3.35. The van der Waals surface area contributed by atoms with Crippen LogP contribution in [0.25, 0.3) is 0 Å². The number of nitrogens with one attached hydrogen (secondary N) is 2. The smallest absolute Gasteiger partial charge is 0.226 e. The largest absolute Gasteiger partial charge is 0.326 e. The van der Waals surface area contributed by atoms with Crippen LogP contribution >= 0.6 is 11.6 Å². The van der Waals surface area contributed by atoms with Gasteiger partial charge in [0.2, 0.25) is 15.9 Å². The van der Waals surface area contributed by atoms with Crippen LogP contribution in [0.15, 0.2) is 48.5 Å². The van der Waals surface area contributed by atoms with E-state index in [0.29, 0.717) is 16.3 Å². The molecular weight excluding hydrogens is 348 g/mol. The molecule has 2 aromatic carbocycles. The van der Waals surface area contributed by atoms with Crippen LogP contribution in [0.3, 0.4) is 0 Å². The molecule has 5 nitrogen and oxygen atoms in total. The molecule has 0 saturated carbocycles. The summed E-state index contributed by atoms with van der Waals surface area (Å²) in [6.45, 7) is 1.96. The average molecular weight is 367 g/mol. The first-order valence-electron chi connectivity index (χ1n) is 7.32. The van der Waals surface area contributed by atoms with E-state index in [1.54, 1.807) is 36.4 Å². The van der Waals surface area contributed by atoms with Gasteiger partial charge >= 0.3 is 0 Å². The van der Waals surface area contributed by atoms with E-state index in [2.05, 4.69) is 10.0 Å². The van der Waals surface area contributed by atoms with Crippen LogP contribution in [0.5, 0.6) is 0 Å². The Hall–Kier alpha value is -1.89. The van der Waals surface area contributed by atoms with E-state index in [4.69, 9.17) is 11.6 Å². The summed E-state index contributed by atoms with van der Waals surface area (Å²) < 4.78 is 25.7. The first-order valence-corrected chi connectivity index (χ1v) is 9.59. The van der Waals surface area contributed by atoms with E-state index >= 15 is 0 Å². The van der Waals surface area contributed by atoms with E-state index in [1.807, 2.05) is 19.1 Å². The first-order chi connectivity index (χ1) is 11.2. The predicted molar refractivity (Wildman–Crippen MR) is 96.6 cm³/mol. The van der Waals surface area contributed by atoms with Crippen molar-refractivity contribution in [1.82, 2.24) is 4.72 Å². The number of anilines is 1. The van der Waals surface area contributed by atoms with Gasteiger partial charge in [-0.15, -0.1) is 0 Å². The normalized spacial score (nSPS) is 12.6. The number of benzene rings is 2. The molecule has 2 rings (SSSR count). The van der Waals surface area contributed by atoms with Gasteiger partial charge in [-0.25, -0.2) is 13.1 Å². The van der Waals surface area contributed by atoms with Crippen molar-refractivity contribution in [2.24, 2.45) is 0 Å². The molecule has 0 spiro atoms. The number of sulfonamides is 1. The minimum Gasteiger partial charge on any atom is -0.326 e. The van der Waals surface area contributed by atoms with E-state index < -0.39 is 16.1 Å². The molecule has 0 aliphatic heterocycles. The molecule has 1 amide bonds. The molecule has 2 aromatic rings. The molecule has 0 aliphatic rings. The number of halogens is 1. The van der Waals surface area contributed by atoms with Gasteiger partial charge < -0.3 is 5.32 Å². The molecule has 0 aliphatic carbocycles. The monoisotopic (exact) mass is 366 g/mol. The number of hydrogen-bond acceptors (Lipinski definition) is 3. The molecular formula is C17H19ClN2O3S. The Morgan fingerprint density at radius 1 is 1.08 bits per heavy atom. The van der Waals surface area contributed by atoms with Crippen molar-refractivity contribution in [3.63, 3.8) is 0 Å². The minimum absolute atomic E-state index is 0.0252. The summed E-state index contributed by atoms with van der Waals surface area (Å²) in [6, 6.07) is 13.4. The van der Waals surface area contributed by atoms with Gasteiger partial charge in [-0.05, 0) is 36.8 Å². The van der Waals surface area contributed by atoms with Crippen molar-refractivity contribution in [3.8, 4) is 0 Å². The topological polar surface area (TPSA) is 75.3 Å². The maximum atomic E-state index is 12.3. The van der Waals surface area contributed by atoms with Crippen LogP contribution in [0, 0.1) is 6.92 Å². The Balaban J connectivity index is 2.13. The summed E-state index contributed by atoms with van der Waals surface area (Å²) in [7, 11) is -3.47. The van der Waals surface area contributed by atoms with E-state index in [9.17, 15) is 13.2 Å². The zero-order valence-electron chi connectivity index (χ0n) is 13.4. The molecule has 7 heteroatoms. The van der Waals surface area contributed by atoms with Gasteiger partial charge in [0.1, 0.15) is 0 Å². The van der Waals surface area contributed by atoms with Crippen LogP contribution in [0.4, 0.5) is 5.69 Å². The third kappa shape index (κ3) is 5.96. The molecule has 128 valence electrons. The Morgan fingerprint density at radius 3 is 2.21 bits per heavy atom. The molecule has 0 unspecified atom stereocenters. The van der Waals surface area contributed by atoms with Crippen molar-refractivity contribution >= 4 is 33.2 Å². The molecule has 2 N–H and O–H groups in total. The van der Waals surface area contributed by atoms with E-state index in [0.717, 1.165) is 11.8 Å². The Morgan fingerprint density at radius 2 is 1.67 bits per heavy atom. The van der Waals surface area contributed by atoms with Crippen LogP contribution in [0.2, 0.25) is 5.02 Å². The van der Waals surface area contributed by atoms with Crippen LogP contribution in [-0.4, -0.2) is 20.6 Å². The lowest BCUT2D eigenvalue weighted by Gasteiger charge is -2.18. The zero-order chi connectivity index (χ0) is 17.7. The zero-order valence-corrected chi connectivity index (χ0v) is 15.0. The van der Waals surface area contributed by atoms with E-state index in [-0.39, 0.29) is 12.3 Å². The SMILES string of the molecule is Cc1ccc(NC(=O)C[C@H](NS(C)(=O)=O)c2ccc(Cl)cc2)cc1. The quantitative estimate of drug-likeness (QED) is 0.823. The second-order valence-corrected chi connectivity index (χ2v) is 7.83. The van der Waals surface area contributed by atoms with E-state index in [1.165, 1.54) is 0 Å². The van der Waals surface area contributed by atoms with Crippen molar-refractivity contribution in [1.29, 1.82) is 0 Å². The number of hydrogen-bond donors (Lipinski definition) is 2. The highest BCUT2D eigenvalue weighted by atomic mass is 35.5. The van der Waals surface area contributed by atoms with Crippen molar-refractivity contribution in [2.45, 2.75) is 19.4 Å². The lowest BCUT2D eigenvalue weighted by Crippen LogP contribution is -2.30. The Bertz CT molecular complexity index is 803. The summed E-state index contributed by atoms with van der Waals surface area (Å²) in [6.07, 6.45) is 1.04. The lowest BCUT2D eigenvalue weighted by atomic mass is 10.0. The Labute approximate surface area is 147 Å². The summed E-state index contributed by atoms with van der Waals surface area (Å²) in [4.78, 5) is 12.3. The minimum atomic E-state index is -3.47. The second kappa shape index (κ2) is 7.79. The summed E-state index contributed by atoms with van der Waals surface area (Å²) in [5, 5.41) is 3.31. The highest BCUT2D eigenvalue weighted by Crippen LogP contribution is 2.21. The number of carbonyl (C=O) groups is 1.